The van der Waals surface area contributed by atoms with Gasteiger partial charge in [-0.05, 0) is 59.6 Å². The summed E-state index contributed by atoms with van der Waals surface area (Å²) in [6, 6.07) is 21.2. The maximum Gasteiger partial charge on any atom is 0.0487 e. The summed E-state index contributed by atoms with van der Waals surface area (Å²) >= 11 is 0. The van der Waals surface area contributed by atoms with Gasteiger partial charge in [0.1, 0.15) is 0 Å². The van der Waals surface area contributed by atoms with Crippen molar-refractivity contribution in [1.82, 2.24) is 0 Å². The van der Waals surface area contributed by atoms with Crippen LogP contribution in [0.3, 0.4) is 0 Å². The van der Waals surface area contributed by atoms with E-state index in [2.05, 4.69) is 121 Å². The SMILES string of the molecule is C=C(/C(=C(\C)C(C)(C)CC)N(c1ccccc1)c1ccccc1)C(C)(C)C. The molecule has 0 unspecified atom stereocenters. The fourth-order valence-electron chi connectivity index (χ4n) is 3.03. The first-order chi connectivity index (χ1) is 12.6. The third-order valence-electron chi connectivity index (χ3n) is 5.70. The lowest BCUT2D eigenvalue weighted by molar-refractivity contribution is 0.420. The molecule has 2 aromatic carbocycles. The molecule has 1 heteroatoms. The summed E-state index contributed by atoms with van der Waals surface area (Å²) in [7, 11) is 0. The molecule has 144 valence electrons. The van der Waals surface area contributed by atoms with Crippen LogP contribution in [-0.4, -0.2) is 0 Å². The largest absolute Gasteiger partial charge is 0.310 e. The Kier molecular flexibility index (Phi) is 6.36. The molecule has 0 saturated heterocycles. The zero-order valence-electron chi connectivity index (χ0n) is 18.1. The number of hydrogen-bond donors (Lipinski definition) is 0. The number of rotatable bonds is 6. The van der Waals surface area contributed by atoms with Gasteiger partial charge in [-0.15, -0.1) is 0 Å². The number of nitrogens with zero attached hydrogens (tertiary/aromatic N) is 1. The Morgan fingerprint density at radius 2 is 1.22 bits per heavy atom. The molecule has 0 aliphatic rings. The van der Waals surface area contributed by atoms with Crippen molar-refractivity contribution in [3.05, 3.63) is 84.1 Å². The van der Waals surface area contributed by atoms with E-state index in [1.807, 2.05) is 0 Å². The topological polar surface area (TPSA) is 3.24 Å². The fraction of sp³-hybridized carbons (Fsp3) is 0.385. The number of allylic oxidation sites excluding steroid dienone is 2. The Morgan fingerprint density at radius 3 is 1.56 bits per heavy atom. The van der Waals surface area contributed by atoms with Crippen LogP contribution in [0.4, 0.5) is 11.4 Å². The molecule has 0 aliphatic heterocycles. The highest BCUT2D eigenvalue weighted by Gasteiger charge is 2.31. The number of para-hydroxylation sites is 2. The summed E-state index contributed by atoms with van der Waals surface area (Å²) in [5, 5.41) is 0. The van der Waals surface area contributed by atoms with Gasteiger partial charge in [-0.2, -0.15) is 0 Å². The fourth-order valence-corrected chi connectivity index (χ4v) is 3.03. The summed E-state index contributed by atoms with van der Waals surface area (Å²) in [5.41, 5.74) is 6.15. The molecule has 0 atom stereocenters. The molecule has 27 heavy (non-hydrogen) atoms. The second-order valence-electron chi connectivity index (χ2n) is 8.95. The lowest BCUT2D eigenvalue weighted by Gasteiger charge is -2.38. The Labute approximate surface area is 166 Å². The van der Waals surface area contributed by atoms with Gasteiger partial charge in [-0.25, -0.2) is 0 Å². The molecule has 1 nitrogen and oxygen atoms in total. The molecule has 2 aromatic rings. The summed E-state index contributed by atoms with van der Waals surface area (Å²) in [4.78, 5) is 2.38. The molecule has 2 rings (SSSR count). The first kappa shape index (κ1) is 21.0. The van der Waals surface area contributed by atoms with E-state index in [-0.39, 0.29) is 10.8 Å². The second-order valence-corrected chi connectivity index (χ2v) is 8.95. The van der Waals surface area contributed by atoms with E-state index >= 15 is 0 Å². The molecule has 0 heterocycles. The maximum absolute atomic E-state index is 4.57. The molecule has 0 aliphatic carbocycles. The van der Waals surface area contributed by atoms with E-state index in [4.69, 9.17) is 0 Å². The van der Waals surface area contributed by atoms with Crippen molar-refractivity contribution in [2.45, 2.75) is 54.9 Å². The van der Waals surface area contributed by atoms with Crippen molar-refractivity contribution in [3.8, 4) is 0 Å². The van der Waals surface area contributed by atoms with Gasteiger partial charge < -0.3 is 4.90 Å². The summed E-state index contributed by atoms with van der Waals surface area (Å²) in [6.07, 6.45) is 1.08. The summed E-state index contributed by atoms with van der Waals surface area (Å²) < 4.78 is 0. The number of hydrogen-bond acceptors (Lipinski definition) is 1. The maximum atomic E-state index is 4.57. The van der Waals surface area contributed by atoms with Crippen LogP contribution in [0.15, 0.2) is 84.1 Å². The Balaban J connectivity index is 2.83. The third-order valence-corrected chi connectivity index (χ3v) is 5.70. The Hall–Kier alpha value is -2.28. The number of benzene rings is 2. The lowest BCUT2D eigenvalue weighted by Crippen LogP contribution is -2.28. The lowest BCUT2D eigenvalue weighted by atomic mass is 9.76. The van der Waals surface area contributed by atoms with Crippen molar-refractivity contribution in [3.63, 3.8) is 0 Å². The normalized spacial score (nSPS) is 13.1. The minimum absolute atomic E-state index is 0.0256. The van der Waals surface area contributed by atoms with E-state index in [0.717, 1.165) is 23.4 Å². The van der Waals surface area contributed by atoms with Crippen LogP contribution in [0.1, 0.15) is 54.9 Å². The molecule has 0 bridgehead atoms. The van der Waals surface area contributed by atoms with E-state index in [1.165, 1.54) is 11.3 Å². The average molecular weight is 362 g/mol. The quantitative estimate of drug-likeness (QED) is 0.469. The Morgan fingerprint density at radius 1 is 0.815 bits per heavy atom. The van der Waals surface area contributed by atoms with Gasteiger partial charge in [-0.3, -0.25) is 0 Å². The van der Waals surface area contributed by atoms with Crippen LogP contribution in [0.25, 0.3) is 0 Å². The van der Waals surface area contributed by atoms with Crippen LogP contribution < -0.4 is 4.90 Å². The molecule has 0 N–H and O–H groups in total. The first-order valence-corrected chi connectivity index (χ1v) is 9.91. The monoisotopic (exact) mass is 361 g/mol. The molecule has 0 radical (unpaired) electrons. The van der Waals surface area contributed by atoms with Crippen LogP contribution >= 0.6 is 0 Å². The predicted molar refractivity (Wildman–Crippen MR) is 120 cm³/mol. The van der Waals surface area contributed by atoms with E-state index < -0.39 is 0 Å². The minimum atomic E-state index is -0.0256. The first-order valence-electron chi connectivity index (χ1n) is 9.91. The second kappa shape index (κ2) is 8.17. The molecule has 0 amide bonds. The summed E-state index contributed by atoms with van der Waals surface area (Å²) in [5.74, 6) is 0. The molecular formula is C26H35N. The molecular weight excluding hydrogens is 326 g/mol. The van der Waals surface area contributed by atoms with Crippen molar-refractivity contribution in [2.75, 3.05) is 4.90 Å². The molecule has 0 fully saturated rings. The van der Waals surface area contributed by atoms with Gasteiger partial charge >= 0.3 is 0 Å². The molecule has 0 saturated carbocycles. The number of anilines is 2. The minimum Gasteiger partial charge on any atom is -0.310 e. The smallest absolute Gasteiger partial charge is 0.0487 e. The van der Waals surface area contributed by atoms with Gasteiger partial charge in [0.2, 0.25) is 0 Å². The molecule has 0 spiro atoms. The standard InChI is InChI=1S/C26H35N/c1-9-26(7,8)21(3)24(20(2)25(4,5)6)27(22-16-12-10-13-17-22)23-18-14-11-15-19-23/h10-19H,2,9H2,1,3-8H3/b24-21-. The highest BCUT2D eigenvalue weighted by Crippen LogP contribution is 2.44. The van der Waals surface area contributed by atoms with E-state index in [9.17, 15) is 0 Å². The molecule has 0 aromatic heterocycles. The van der Waals surface area contributed by atoms with E-state index in [1.54, 1.807) is 0 Å². The van der Waals surface area contributed by atoms with Gasteiger partial charge in [0.15, 0.2) is 0 Å². The van der Waals surface area contributed by atoms with Gasteiger partial charge in [0.05, 0.1) is 0 Å². The van der Waals surface area contributed by atoms with Crippen molar-refractivity contribution in [2.24, 2.45) is 10.8 Å². The Bertz CT molecular complexity index is 750. The summed E-state index contributed by atoms with van der Waals surface area (Å²) in [6.45, 7) is 20.5. The van der Waals surface area contributed by atoms with Crippen LogP contribution in [0.2, 0.25) is 0 Å². The highest BCUT2D eigenvalue weighted by atomic mass is 15.2. The van der Waals surface area contributed by atoms with Gasteiger partial charge in [-0.1, -0.05) is 84.5 Å². The zero-order chi connectivity index (χ0) is 20.2. The van der Waals surface area contributed by atoms with Crippen molar-refractivity contribution in [1.29, 1.82) is 0 Å². The van der Waals surface area contributed by atoms with Gasteiger partial charge in [0.25, 0.3) is 0 Å². The predicted octanol–water partition coefficient (Wildman–Crippen LogP) is 8.14. The average Bonchev–Trinajstić information content (AvgIpc) is 2.65. The van der Waals surface area contributed by atoms with Crippen LogP contribution in [-0.2, 0) is 0 Å². The van der Waals surface area contributed by atoms with Crippen molar-refractivity contribution < 1.29 is 0 Å². The van der Waals surface area contributed by atoms with E-state index in [0.29, 0.717) is 0 Å². The highest BCUT2D eigenvalue weighted by molar-refractivity contribution is 5.72. The van der Waals surface area contributed by atoms with Crippen molar-refractivity contribution >= 4 is 11.4 Å². The van der Waals surface area contributed by atoms with Gasteiger partial charge in [0, 0.05) is 17.1 Å². The van der Waals surface area contributed by atoms with Crippen LogP contribution in [0, 0.1) is 10.8 Å². The van der Waals surface area contributed by atoms with Crippen LogP contribution in [0.5, 0.6) is 0 Å². The third kappa shape index (κ3) is 4.71. The zero-order valence-corrected chi connectivity index (χ0v) is 18.1.